The maximum atomic E-state index is 13.6. The van der Waals surface area contributed by atoms with Crippen molar-refractivity contribution in [3.8, 4) is 0 Å². The molecule has 0 aliphatic rings. The molecule has 0 atom stereocenters. The highest BCUT2D eigenvalue weighted by molar-refractivity contribution is 9.10. The van der Waals surface area contributed by atoms with Crippen molar-refractivity contribution < 1.29 is 17.6 Å². The van der Waals surface area contributed by atoms with Gasteiger partial charge in [0.25, 0.3) is 0 Å². The molecule has 1 nitrogen and oxygen atoms in total. The third-order valence-electron chi connectivity index (χ3n) is 2.77. The summed E-state index contributed by atoms with van der Waals surface area (Å²) in [5.41, 5.74) is -0.152. The molecule has 0 amide bonds. The van der Waals surface area contributed by atoms with Crippen LogP contribution in [0.5, 0.6) is 0 Å². The first-order valence-electron chi connectivity index (χ1n) is 5.82. The van der Waals surface area contributed by atoms with Crippen LogP contribution in [0.15, 0.2) is 45.3 Å². The molecule has 0 unspecified atom stereocenters. The van der Waals surface area contributed by atoms with Gasteiger partial charge in [-0.2, -0.15) is 13.2 Å². The van der Waals surface area contributed by atoms with Crippen LogP contribution < -0.4 is 5.32 Å². The van der Waals surface area contributed by atoms with Crippen molar-refractivity contribution in [2.75, 3.05) is 5.32 Å². The molecule has 0 bridgehead atoms. The van der Waals surface area contributed by atoms with Crippen molar-refractivity contribution in [3.05, 3.63) is 62.3 Å². The number of rotatable bonds is 3. The minimum Gasteiger partial charge on any atom is -0.380 e. The number of alkyl halides is 3. The Hall–Kier alpha value is -1.08. The Morgan fingerprint density at radius 1 is 1.00 bits per heavy atom. The lowest BCUT2D eigenvalue weighted by Gasteiger charge is -2.13. The van der Waals surface area contributed by atoms with Gasteiger partial charge >= 0.3 is 6.18 Å². The number of benzene rings is 2. The van der Waals surface area contributed by atoms with Gasteiger partial charge in [-0.15, -0.1) is 0 Å². The van der Waals surface area contributed by atoms with Crippen molar-refractivity contribution in [2.24, 2.45) is 0 Å². The Morgan fingerprint density at radius 3 is 2.38 bits per heavy atom. The Kier molecular flexibility index (Phi) is 4.93. The van der Waals surface area contributed by atoms with Crippen LogP contribution in [0.3, 0.4) is 0 Å². The average Bonchev–Trinajstić information content (AvgIpc) is 2.40. The van der Waals surface area contributed by atoms with E-state index in [1.165, 1.54) is 12.1 Å². The van der Waals surface area contributed by atoms with E-state index in [2.05, 4.69) is 37.2 Å². The van der Waals surface area contributed by atoms with Gasteiger partial charge in [-0.05, 0) is 52.3 Å². The van der Waals surface area contributed by atoms with Crippen LogP contribution in [-0.4, -0.2) is 0 Å². The van der Waals surface area contributed by atoms with E-state index in [-0.39, 0.29) is 12.2 Å². The highest BCUT2D eigenvalue weighted by Crippen LogP contribution is 2.34. The maximum Gasteiger partial charge on any atom is 0.416 e. The van der Waals surface area contributed by atoms with E-state index in [4.69, 9.17) is 0 Å². The predicted molar refractivity (Wildman–Crippen MR) is 80.6 cm³/mol. The number of anilines is 1. The molecule has 112 valence electrons. The molecule has 0 heterocycles. The third-order valence-corrected chi connectivity index (χ3v) is 3.96. The van der Waals surface area contributed by atoms with Crippen molar-refractivity contribution in [1.29, 1.82) is 0 Å². The summed E-state index contributed by atoms with van der Waals surface area (Å²) >= 11 is 6.39. The summed E-state index contributed by atoms with van der Waals surface area (Å²) in [4.78, 5) is 0. The molecule has 0 saturated heterocycles. The third kappa shape index (κ3) is 4.20. The normalized spacial score (nSPS) is 11.5. The zero-order valence-corrected chi connectivity index (χ0v) is 13.6. The molecule has 2 rings (SSSR count). The minimum atomic E-state index is -4.42. The van der Waals surface area contributed by atoms with Crippen LogP contribution in [-0.2, 0) is 12.7 Å². The Balaban J connectivity index is 2.22. The van der Waals surface area contributed by atoms with E-state index in [0.29, 0.717) is 14.5 Å². The molecule has 0 saturated carbocycles. The van der Waals surface area contributed by atoms with Crippen molar-refractivity contribution in [3.63, 3.8) is 0 Å². The van der Waals surface area contributed by atoms with Gasteiger partial charge in [0.15, 0.2) is 0 Å². The van der Waals surface area contributed by atoms with Crippen LogP contribution in [0.4, 0.5) is 23.2 Å². The number of halogens is 6. The predicted octanol–water partition coefficient (Wildman–Crippen LogP) is 5.98. The van der Waals surface area contributed by atoms with Gasteiger partial charge in [0.05, 0.1) is 5.56 Å². The van der Waals surface area contributed by atoms with E-state index in [9.17, 15) is 17.6 Å². The van der Waals surface area contributed by atoms with Crippen LogP contribution in [0, 0.1) is 5.82 Å². The molecular weight excluding hydrogens is 418 g/mol. The lowest BCUT2D eigenvalue weighted by molar-refractivity contribution is -0.137. The van der Waals surface area contributed by atoms with Crippen molar-refractivity contribution >= 4 is 37.5 Å². The second-order valence-electron chi connectivity index (χ2n) is 4.28. The zero-order chi connectivity index (χ0) is 15.6. The molecule has 0 fully saturated rings. The van der Waals surface area contributed by atoms with Crippen LogP contribution >= 0.6 is 31.9 Å². The van der Waals surface area contributed by atoms with E-state index >= 15 is 0 Å². The zero-order valence-electron chi connectivity index (χ0n) is 10.4. The summed E-state index contributed by atoms with van der Waals surface area (Å²) in [5.74, 6) is -0.422. The maximum absolute atomic E-state index is 13.6. The molecule has 0 radical (unpaired) electrons. The lowest BCUT2D eigenvalue weighted by Crippen LogP contribution is -2.07. The van der Waals surface area contributed by atoms with Crippen LogP contribution in [0.25, 0.3) is 0 Å². The summed E-state index contributed by atoms with van der Waals surface area (Å²) in [7, 11) is 0. The first kappa shape index (κ1) is 16.3. The minimum absolute atomic E-state index is 0.0746. The topological polar surface area (TPSA) is 12.0 Å². The van der Waals surface area contributed by atoms with E-state index in [1.54, 1.807) is 12.1 Å². The summed E-state index contributed by atoms with van der Waals surface area (Å²) in [5, 5.41) is 2.80. The molecule has 21 heavy (non-hydrogen) atoms. The molecule has 7 heteroatoms. The molecule has 0 spiro atoms. The first-order valence-corrected chi connectivity index (χ1v) is 7.40. The van der Waals surface area contributed by atoms with Crippen LogP contribution in [0.2, 0.25) is 0 Å². The second-order valence-corrected chi connectivity index (χ2v) is 6.05. The largest absolute Gasteiger partial charge is 0.416 e. The molecule has 1 N–H and O–H groups in total. The van der Waals surface area contributed by atoms with E-state index < -0.39 is 17.6 Å². The Labute approximate surface area is 135 Å². The van der Waals surface area contributed by atoms with Gasteiger partial charge in [-0.3, -0.25) is 0 Å². The van der Waals surface area contributed by atoms with Gasteiger partial charge in [0.1, 0.15) is 5.82 Å². The van der Waals surface area contributed by atoms with Gasteiger partial charge in [0, 0.05) is 26.7 Å². The van der Waals surface area contributed by atoms with Crippen molar-refractivity contribution in [1.82, 2.24) is 0 Å². The van der Waals surface area contributed by atoms with Gasteiger partial charge in [-0.1, -0.05) is 15.9 Å². The first-order chi connectivity index (χ1) is 9.77. The molecular formula is C14H9Br2F4N. The number of hydrogen-bond acceptors (Lipinski definition) is 1. The second kappa shape index (κ2) is 6.36. The molecule has 2 aromatic carbocycles. The molecule has 0 aliphatic heterocycles. The standard InChI is InChI=1S/C14H9Br2F4N/c15-10-2-4-12(17)8(5-10)7-21-13-6-9(14(18,19)20)1-3-11(13)16/h1-6,21H,7H2. The lowest BCUT2D eigenvalue weighted by atomic mass is 10.1. The van der Waals surface area contributed by atoms with E-state index in [1.807, 2.05) is 0 Å². The fourth-order valence-corrected chi connectivity index (χ4v) is 2.50. The fraction of sp³-hybridized carbons (Fsp3) is 0.143. The number of hydrogen-bond donors (Lipinski definition) is 1. The number of nitrogens with one attached hydrogen (secondary N) is 1. The van der Waals surface area contributed by atoms with Gasteiger partial charge in [0.2, 0.25) is 0 Å². The summed E-state index contributed by atoms with van der Waals surface area (Å²) < 4.78 is 52.8. The van der Waals surface area contributed by atoms with Crippen molar-refractivity contribution in [2.45, 2.75) is 12.7 Å². The highest BCUT2D eigenvalue weighted by atomic mass is 79.9. The average molecular weight is 427 g/mol. The Morgan fingerprint density at radius 2 is 1.71 bits per heavy atom. The Bertz CT molecular complexity index is 656. The highest BCUT2D eigenvalue weighted by Gasteiger charge is 2.30. The fourth-order valence-electron chi connectivity index (χ4n) is 1.71. The molecule has 2 aromatic rings. The monoisotopic (exact) mass is 425 g/mol. The van der Waals surface area contributed by atoms with Gasteiger partial charge < -0.3 is 5.32 Å². The SMILES string of the molecule is Fc1ccc(Br)cc1CNc1cc(C(F)(F)F)ccc1Br. The molecule has 0 aromatic heterocycles. The summed E-state index contributed by atoms with van der Waals surface area (Å²) in [6.45, 7) is 0.0746. The molecule has 0 aliphatic carbocycles. The quantitative estimate of drug-likeness (QED) is 0.595. The summed E-state index contributed by atoms with van der Waals surface area (Å²) in [6, 6.07) is 7.70. The van der Waals surface area contributed by atoms with E-state index in [0.717, 1.165) is 12.1 Å². The van der Waals surface area contributed by atoms with Gasteiger partial charge in [-0.25, -0.2) is 4.39 Å². The summed E-state index contributed by atoms with van der Waals surface area (Å²) in [6.07, 6.45) is -4.42. The van der Waals surface area contributed by atoms with Crippen LogP contribution in [0.1, 0.15) is 11.1 Å². The smallest absolute Gasteiger partial charge is 0.380 e.